The molecule has 1 rings (SSSR count). The molecule has 0 heterocycles. The van der Waals surface area contributed by atoms with Gasteiger partial charge in [0.15, 0.2) is 11.5 Å². The molecule has 0 radical (unpaired) electrons. The number of hydrogen-bond donors (Lipinski definition) is 1. The third-order valence-corrected chi connectivity index (χ3v) is 2.71. The van der Waals surface area contributed by atoms with E-state index in [4.69, 9.17) is 14.3 Å². The standard InChI is InChI=1S/C12H19NO3/c1-8-6-11(14-3)12(15-4)10(9(8)2)7-13-16-5/h6,13H,7H2,1-5H3. The highest BCUT2D eigenvalue weighted by Gasteiger charge is 2.14. The van der Waals surface area contributed by atoms with E-state index in [1.807, 2.05) is 13.0 Å². The maximum atomic E-state index is 5.38. The van der Waals surface area contributed by atoms with Crippen LogP contribution in [0.25, 0.3) is 0 Å². The van der Waals surface area contributed by atoms with E-state index in [1.54, 1.807) is 21.3 Å². The van der Waals surface area contributed by atoms with Gasteiger partial charge in [0.2, 0.25) is 0 Å². The molecular weight excluding hydrogens is 206 g/mol. The average molecular weight is 225 g/mol. The number of benzene rings is 1. The maximum absolute atomic E-state index is 5.38. The molecule has 4 nitrogen and oxygen atoms in total. The predicted molar refractivity (Wildman–Crippen MR) is 62.9 cm³/mol. The van der Waals surface area contributed by atoms with E-state index >= 15 is 0 Å². The first-order valence-electron chi connectivity index (χ1n) is 5.12. The van der Waals surface area contributed by atoms with Gasteiger partial charge in [-0.2, -0.15) is 5.48 Å². The van der Waals surface area contributed by atoms with Gasteiger partial charge in [-0.05, 0) is 31.0 Å². The van der Waals surface area contributed by atoms with E-state index in [0.29, 0.717) is 6.54 Å². The Balaban J connectivity index is 3.23. The Morgan fingerprint density at radius 1 is 1.12 bits per heavy atom. The Labute approximate surface area is 96.5 Å². The zero-order valence-electron chi connectivity index (χ0n) is 10.5. The van der Waals surface area contributed by atoms with Crippen LogP contribution < -0.4 is 15.0 Å². The van der Waals surface area contributed by atoms with Gasteiger partial charge in [0.1, 0.15) is 0 Å². The molecule has 1 N–H and O–H groups in total. The molecular formula is C12H19NO3. The Hall–Kier alpha value is -1.26. The number of nitrogens with one attached hydrogen (secondary N) is 1. The lowest BCUT2D eigenvalue weighted by molar-refractivity contribution is 0.0859. The fourth-order valence-corrected chi connectivity index (χ4v) is 1.66. The van der Waals surface area contributed by atoms with E-state index in [0.717, 1.165) is 17.1 Å². The predicted octanol–water partition coefficient (Wildman–Crippen LogP) is 1.97. The first-order chi connectivity index (χ1) is 7.65. The summed E-state index contributed by atoms with van der Waals surface area (Å²) in [6.45, 7) is 4.70. The molecule has 0 unspecified atom stereocenters. The molecule has 0 saturated carbocycles. The lowest BCUT2D eigenvalue weighted by Crippen LogP contribution is -2.13. The second kappa shape index (κ2) is 5.72. The highest BCUT2D eigenvalue weighted by molar-refractivity contribution is 5.53. The number of aryl methyl sites for hydroxylation is 1. The molecule has 0 atom stereocenters. The molecule has 0 aliphatic rings. The van der Waals surface area contributed by atoms with Gasteiger partial charge in [-0.1, -0.05) is 0 Å². The Morgan fingerprint density at radius 2 is 1.81 bits per heavy atom. The third kappa shape index (κ3) is 2.46. The van der Waals surface area contributed by atoms with Gasteiger partial charge in [0, 0.05) is 5.56 Å². The molecule has 0 saturated heterocycles. The van der Waals surface area contributed by atoms with Crippen LogP contribution in [0.1, 0.15) is 16.7 Å². The van der Waals surface area contributed by atoms with Crippen molar-refractivity contribution in [2.45, 2.75) is 20.4 Å². The molecule has 1 aromatic rings. The first kappa shape index (κ1) is 12.8. The van der Waals surface area contributed by atoms with Crippen molar-refractivity contribution in [2.75, 3.05) is 21.3 Å². The summed E-state index contributed by atoms with van der Waals surface area (Å²) >= 11 is 0. The minimum Gasteiger partial charge on any atom is -0.493 e. The molecule has 0 amide bonds. The molecule has 0 aliphatic heterocycles. The molecule has 0 fully saturated rings. The maximum Gasteiger partial charge on any atom is 0.165 e. The zero-order valence-corrected chi connectivity index (χ0v) is 10.5. The number of ether oxygens (including phenoxy) is 2. The summed E-state index contributed by atoms with van der Waals surface area (Å²) in [7, 11) is 4.87. The summed E-state index contributed by atoms with van der Waals surface area (Å²) in [6.07, 6.45) is 0. The summed E-state index contributed by atoms with van der Waals surface area (Å²) in [5.74, 6) is 1.51. The number of hydroxylamine groups is 1. The van der Waals surface area contributed by atoms with E-state index in [2.05, 4.69) is 12.4 Å². The minimum atomic E-state index is 0.587. The molecule has 16 heavy (non-hydrogen) atoms. The lowest BCUT2D eigenvalue weighted by atomic mass is 10.0. The highest BCUT2D eigenvalue weighted by atomic mass is 16.6. The van der Waals surface area contributed by atoms with Gasteiger partial charge < -0.3 is 14.3 Å². The van der Waals surface area contributed by atoms with Crippen molar-refractivity contribution in [3.63, 3.8) is 0 Å². The SMILES string of the molecule is CONCc1c(C)c(C)cc(OC)c1OC. The molecule has 0 bridgehead atoms. The van der Waals surface area contributed by atoms with Gasteiger partial charge >= 0.3 is 0 Å². The van der Waals surface area contributed by atoms with Gasteiger partial charge in [-0.25, -0.2) is 0 Å². The third-order valence-electron chi connectivity index (χ3n) is 2.71. The normalized spacial score (nSPS) is 10.3. The molecule has 1 aromatic carbocycles. The molecule has 4 heteroatoms. The van der Waals surface area contributed by atoms with E-state index in [-0.39, 0.29) is 0 Å². The van der Waals surface area contributed by atoms with Crippen LogP contribution in [0, 0.1) is 13.8 Å². The van der Waals surface area contributed by atoms with Crippen molar-refractivity contribution in [1.29, 1.82) is 0 Å². The van der Waals surface area contributed by atoms with E-state index < -0.39 is 0 Å². The molecule has 0 aliphatic carbocycles. The van der Waals surface area contributed by atoms with Crippen LogP contribution in [-0.4, -0.2) is 21.3 Å². The molecule has 0 aromatic heterocycles. The summed E-state index contributed by atoms with van der Waals surface area (Å²) in [5, 5.41) is 0. The van der Waals surface area contributed by atoms with Crippen molar-refractivity contribution in [3.05, 3.63) is 22.8 Å². The summed E-state index contributed by atoms with van der Waals surface area (Å²) in [4.78, 5) is 4.87. The van der Waals surface area contributed by atoms with Crippen molar-refractivity contribution < 1.29 is 14.3 Å². The highest BCUT2D eigenvalue weighted by Crippen LogP contribution is 2.35. The van der Waals surface area contributed by atoms with Crippen LogP contribution in [0.3, 0.4) is 0 Å². The Bertz CT molecular complexity index is 364. The second-order valence-electron chi connectivity index (χ2n) is 3.56. The van der Waals surface area contributed by atoms with Crippen molar-refractivity contribution in [1.82, 2.24) is 5.48 Å². The van der Waals surface area contributed by atoms with Crippen LogP contribution in [0.5, 0.6) is 11.5 Å². The summed E-state index contributed by atoms with van der Waals surface area (Å²) in [5.41, 5.74) is 6.23. The van der Waals surface area contributed by atoms with Crippen molar-refractivity contribution >= 4 is 0 Å². The first-order valence-corrected chi connectivity index (χ1v) is 5.12. The monoisotopic (exact) mass is 225 g/mol. The smallest absolute Gasteiger partial charge is 0.165 e. The van der Waals surface area contributed by atoms with Gasteiger partial charge in [-0.3, -0.25) is 0 Å². The Kier molecular flexibility index (Phi) is 4.58. The summed E-state index contributed by atoms with van der Waals surface area (Å²) in [6, 6.07) is 1.98. The largest absolute Gasteiger partial charge is 0.493 e. The second-order valence-corrected chi connectivity index (χ2v) is 3.56. The van der Waals surface area contributed by atoms with Gasteiger partial charge in [0.05, 0.1) is 27.9 Å². The van der Waals surface area contributed by atoms with Crippen LogP contribution in [0.15, 0.2) is 6.07 Å². The molecule has 0 spiro atoms. The lowest BCUT2D eigenvalue weighted by Gasteiger charge is -2.17. The summed E-state index contributed by atoms with van der Waals surface area (Å²) < 4.78 is 10.7. The van der Waals surface area contributed by atoms with Crippen LogP contribution in [0.4, 0.5) is 0 Å². The number of methoxy groups -OCH3 is 2. The van der Waals surface area contributed by atoms with Crippen LogP contribution in [0.2, 0.25) is 0 Å². The number of hydrogen-bond acceptors (Lipinski definition) is 4. The van der Waals surface area contributed by atoms with E-state index in [9.17, 15) is 0 Å². The quantitative estimate of drug-likeness (QED) is 0.778. The average Bonchev–Trinajstić information content (AvgIpc) is 2.30. The van der Waals surface area contributed by atoms with Gasteiger partial charge in [0.25, 0.3) is 0 Å². The molecule has 90 valence electrons. The fraction of sp³-hybridized carbons (Fsp3) is 0.500. The van der Waals surface area contributed by atoms with Crippen LogP contribution >= 0.6 is 0 Å². The zero-order chi connectivity index (χ0) is 12.1. The number of rotatable bonds is 5. The topological polar surface area (TPSA) is 39.7 Å². The van der Waals surface area contributed by atoms with E-state index in [1.165, 1.54) is 11.1 Å². The Morgan fingerprint density at radius 3 is 2.31 bits per heavy atom. The van der Waals surface area contributed by atoms with Crippen molar-refractivity contribution in [3.8, 4) is 11.5 Å². The minimum absolute atomic E-state index is 0.587. The fourth-order valence-electron chi connectivity index (χ4n) is 1.66. The van der Waals surface area contributed by atoms with Crippen molar-refractivity contribution in [2.24, 2.45) is 0 Å². The van der Waals surface area contributed by atoms with Crippen LogP contribution in [-0.2, 0) is 11.4 Å². The van der Waals surface area contributed by atoms with Gasteiger partial charge in [-0.15, -0.1) is 0 Å².